The summed E-state index contributed by atoms with van der Waals surface area (Å²) in [4.78, 5) is 8.83. The maximum Gasteiger partial charge on any atom is 0.265 e. The van der Waals surface area contributed by atoms with Crippen molar-refractivity contribution >= 4 is 50.3 Å². The van der Waals surface area contributed by atoms with Gasteiger partial charge in [0.2, 0.25) is 0 Å². The van der Waals surface area contributed by atoms with Crippen LogP contribution in [0, 0.1) is 13.8 Å². The van der Waals surface area contributed by atoms with Crippen molar-refractivity contribution in [2.75, 3.05) is 22.5 Å². The molecule has 35 heavy (non-hydrogen) atoms. The Hall–Kier alpha value is -3.82. The monoisotopic (exact) mass is 509 g/mol. The maximum atomic E-state index is 12.9. The minimum Gasteiger partial charge on any atom is -0.495 e. The quantitative estimate of drug-likeness (QED) is 0.266. The third kappa shape index (κ3) is 6.20. The van der Waals surface area contributed by atoms with Gasteiger partial charge in [-0.25, -0.2) is 18.4 Å². The summed E-state index contributed by atoms with van der Waals surface area (Å²) >= 11 is 5.98. The molecule has 0 fully saturated rings. The largest absolute Gasteiger partial charge is 0.495 e. The fourth-order valence-corrected chi connectivity index (χ4v) is 4.81. The zero-order chi connectivity index (χ0) is 25.0. The van der Waals surface area contributed by atoms with E-state index in [1.807, 2.05) is 38.1 Å². The van der Waals surface area contributed by atoms with Crippen LogP contribution < -0.4 is 20.1 Å². The highest BCUT2D eigenvalue weighted by Crippen LogP contribution is 2.29. The topological polar surface area (TPSA) is 105 Å². The molecule has 0 radical (unpaired) electrons. The van der Waals surface area contributed by atoms with E-state index >= 15 is 0 Å². The molecule has 0 aliphatic carbocycles. The van der Waals surface area contributed by atoms with Crippen LogP contribution in [0.5, 0.6) is 5.75 Å². The molecular weight excluding hydrogens is 486 g/mol. The Morgan fingerprint density at radius 3 is 1.89 bits per heavy atom. The predicted molar refractivity (Wildman–Crippen MR) is 140 cm³/mol. The van der Waals surface area contributed by atoms with Gasteiger partial charge in [-0.1, -0.05) is 29.3 Å². The van der Waals surface area contributed by atoms with E-state index in [1.165, 1.54) is 24.8 Å². The van der Waals surface area contributed by atoms with Crippen LogP contribution in [0.3, 0.4) is 0 Å². The van der Waals surface area contributed by atoms with Crippen LogP contribution in [0.15, 0.2) is 77.7 Å². The lowest BCUT2D eigenvalue weighted by Crippen LogP contribution is -2.14. The Balaban J connectivity index is 1.48. The van der Waals surface area contributed by atoms with Gasteiger partial charge in [-0.2, -0.15) is 0 Å². The summed E-state index contributed by atoms with van der Waals surface area (Å²) in [6, 6.07) is 21.0. The van der Waals surface area contributed by atoms with Gasteiger partial charge in [0, 0.05) is 28.2 Å². The van der Waals surface area contributed by atoms with Gasteiger partial charge in [0.05, 0.1) is 7.11 Å². The lowest BCUT2D eigenvalue weighted by molar-refractivity contribution is 0.403. The molecule has 3 N–H and O–H groups in total. The number of aromatic nitrogens is 2. The molecule has 0 bridgehead atoms. The Bertz CT molecular complexity index is 1440. The van der Waals surface area contributed by atoms with E-state index in [9.17, 15) is 8.42 Å². The zero-order valence-electron chi connectivity index (χ0n) is 19.3. The molecule has 0 amide bonds. The zero-order valence-corrected chi connectivity index (χ0v) is 20.9. The molecule has 180 valence electrons. The fraction of sp³-hybridized carbons (Fsp3) is 0.120. The number of hydrogen-bond donors (Lipinski definition) is 3. The van der Waals surface area contributed by atoms with E-state index < -0.39 is 10.0 Å². The van der Waals surface area contributed by atoms with Crippen LogP contribution in [-0.2, 0) is 10.0 Å². The number of anilines is 5. The van der Waals surface area contributed by atoms with E-state index in [1.54, 1.807) is 36.4 Å². The summed E-state index contributed by atoms with van der Waals surface area (Å²) in [7, 11) is -2.50. The van der Waals surface area contributed by atoms with Crippen molar-refractivity contribution < 1.29 is 13.2 Å². The second-order valence-corrected chi connectivity index (χ2v) is 9.87. The average molecular weight is 510 g/mol. The molecule has 0 aliphatic heterocycles. The number of hydrogen-bond acceptors (Lipinski definition) is 7. The van der Waals surface area contributed by atoms with E-state index in [2.05, 4.69) is 25.3 Å². The smallest absolute Gasteiger partial charge is 0.265 e. The van der Waals surface area contributed by atoms with Gasteiger partial charge in [-0.05, 0) is 68.4 Å². The molecule has 3 aromatic carbocycles. The molecular formula is C25H24ClN5O3S. The number of halogens is 1. The van der Waals surface area contributed by atoms with E-state index in [-0.39, 0.29) is 10.6 Å². The summed E-state index contributed by atoms with van der Waals surface area (Å²) in [5, 5.41) is 6.79. The second-order valence-electron chi connectivity index (χ2n) is 7.78. The van der Waals surface area contributed by atoms with Crippen LogP contribution >= 0.6 is 11.6 Å². The van der Waals surface area contributed by atoms with Gasteiger partial charge < -0.3 is 15.4 Å². The van der Waals surface area contributed by atoms with Crippen molar-refractivity contribution in [2.45, 2.75) is 18.7 Å². The van der Waals surface area contributed by atoms with Gasteiger partial charge in [-0.3, -0.25) is 4.72 Å². The van der Waals surface area contributed by atoms with Gasteiger partial charge in [0.15, 0.2) is 0 Å². The van der Waals surface area contributed by atoms with Gasteiger partial charge in [-0.15, -0.1) is 0 Å². The molecule has 4 rings (SSSR count). The first-order chi connectivity index (χ1) is 16.7. The molecule has 4 aromatic rings. The Kier molecular flexibility index (Phi) is 7.09. The van der Waals surface area contributed by atoms with Crippen molar-refractivity contribution in [1.82, 2.24) is 9.97 Å². The van der Waals surface area contributed by atoms with Crippen LogP contribution in [-0.4, -0.2) is 25.5 Å². The number of sulfonamides is 1. The minimum atomic E-state index is -3.90. The predicted octanol–water partition coefficient (Wildman–Crippen LogP) is 6.04. The molecule has 0 saturated heterocycles. The Labute approximate surface area is 209 Å². The summed E-state index contributed by atoms with van der Waals surface area (Å²) in [6.07, 6.45) is 0. The number of benzene rings is 3. The summed E-state index contributed by atoms with van der Waals surface area (Å²) in [6.45, 7) is 3.85. The van der Waals surface area contributed by atoms with Gasteiger partial charge in [0.1, 0.15) is 28.1 Å². The lowest BCUT2D eigenvalue weighted by atomic mass is 10.2. The first-order valence-corrected chi connectivity index (χ1v) is 12.5. The van der Waals surface area contributed by atoms with Gasteiger partial charge in [0.25, 0.3) is 10.0 Å². The van der Waals surface area contributed by atoms with Crippen molar-refractivity contribution in [3.63, 3.8) is 0 Å². The second kappa shape index (κ2) is 10.2. The SMILES string of the molecule is COc1ccc(Cl)cc1S(=O)(=O)Nc1ccc(Nc2cc(Nc3ccc(C)cc3)nc(C)n2)cc1. The molecule has 8 nitrogen and oxygen atoms in total. The molecule has 0 aliphatic rings. The maximum absolute atomic E-state index is 12.9. The van der Waals surface area contributed by atoms with E-state index in [0.29, 0.717) is 28.2 Å². The normalized spacial score (nSPS) is 11.1. The van der Waals surface area contributed by atoms with Crippen molar-refractivity contribution in [1.29, 1.82) is 0 Å². The molecule has 1 aromatic heterocycles. The molecule has 0 spiro atoms. The van der Waals surface area contributed by atoms with Crippen LogP contribution in [0.25, 0.3) is 0 Å². The molecule has 1 heterocycles. The Morgan fingerprint density at radius 1 is 0.771 bits per heavy atom. The molecule has 0 unspecified atom stereocenters. The number of methoxy groups -OCH3 is 1. The minimum absolute atomic E-state index is 0.0419. The van der Waals surface area contributed by atoms with Gasteiger partial charge >= 0.3 is 0 Å². The summed E-state index contributed by atoms with van der Waals surface area (Å²) < 4.78 is 33.4. The highest BCUT2D eigenvalue weighted by atomic mass is 35.5. The molecule has 0 atom stereocenters. The summed E-state index contributed by atoms with van der Waals surface area (Å²) in [5.41, 5.74) is 3.22. The number of aryl methyl sites for hydroxylation is 2. The van der Waals surface area contributed by atoms with Crippen LogP contribution in [0.2, 0.25) is 5.02 Å². The lowest BCUT2D eigenvalue weighted by Gasteiger charge is -2.13. The highest BCUT2D eigenvalue weighted by molar-refractivity contribution is 7.92. The highest BCUT2D eigenvalue weighted by Gasteiger charge is 2.20. The molecule has 10 heteroatoms. The number of nitrogens with one attached hydrogen (secondary N) is 3. The third-order valence-corrected chi connectivity index (χ3v) is 6.62. The standard InChI is InChI=1S/C25H24ClN5O3S/c1-16-4-7-19(8-5-16)29-24-15-25(28-17(2)27-24)30-20-9-11-21(12-10-20)31-35(32,33)23-14-18(26)6-13-22(23)34-3/h4-15,31H,1-3H3,(H2,27,28,29,30). The van der Waals surface area contributed by atoms with Crippen molar-refractivity contribution in [3.05, 3.63) is 89.2 Å². The van der Waals surface area contributed by atoms with Crippen LogP contribution in [0.1, 0.15) is 11.4 Å². The first-order valence-electron chi connectivity index (χ1n) is 10.6. The number of nitrogens with zero attached hydrogens (tertiary/aromatic N) is 2. The third-order valence-electron chi connectivity index (χ3n) is 4.99. The van der Waals surface area contributed by atoms with Crippen LogP contribution in [0.4, 0.5) is 28.7 Å². The first kappa shape index (κ1) is 24.3. The fourth-order valence-electron chi connectivity index (χ4n) is 3.32. The summed E-state index contributed by atoms with van der Waals surface area (Å²) in [5.74, 6) is 2.06. The number of rotatable bonds is 8. The van der Waals surface area contributed by atoms with Crippen molar-refractivity contribution in [2.24, 2.45) is 0 Å². The average Bonchev–Trinajstić information content (AvgIpc) is 2.81. The number of ether oxygens (including phenoxy) is 1. The Morgan fingerprint density at radius 2 is 1.31 bits per heavy atom. The molecule has 0 saturated carbocycles. The van der Waals surface area contributed by atoms with E-state index in [4.69, 9.17) is 16.3 Å². The van der Waals surface area contributed by atoms with E-state index in [0.717, 1.165) is 11.4 Å². The van der Waals surface area contributed by atoms with Crippen molar-refractivity contribution in [3.8, 4) is 5.75 Å².